The number of carbonyl (C=O) groups excluding carboxylic acids is 2. The molecule has 0 bridgehead atoms. The second-order valence-electron chi connectivity index (χ2n) is 5.93. The molecule has 3 N–H and O–H groups in total. The Bertz CT molecular complexity index is 944. The zero-order chi connectivity index (χ0) is 20.0. The number of hydrogen-bond donors (Lipinski definition) is 3. The maximum absolute atomic E-state index is 12.1. The number of rotatable bonds is 7. The van der Waals surface area contributed by atoms with Gasteiger partial charge in [-0.3, -0.25) is 9.59 Å². The molecule has 0 spiro atoms. The molecular formula is C18H20ClN3O4S. The molecular weight excluding hydrogens is 390 g/mol. The van der Waals surface area contributed by atoms with Gasteiger partial charge in [-0.05, 0) is 43.7 Å². The van der Waals surface area contributed by atoms with Gasteiger partial charge in [-0.1, -0.05) is 35.4 Å². The van der Waals surface area contributed by atoms with Crippen LogP contribution in [0.15, 0.2) is 47.4 Å². The Morgan fingerprint density at radius 3 is 2.26 bits per heavy atom. The second kappa shape index (κ2) is 8.98. The predicted octanol–water partition coefficient (Wildman–Crippen LogP) is 1.99. The van der Waals surface area contributed by atoms with Crippen LogP contribution in [-0.4, -0.2) is 33.3 Å². The minimum absolute atomic E-state index is 0.0647. The lowest BCUT2D eigenvalue weighted by atomic mass is 10.2. The van der Waals surface area contributed by atoms with Crippen molar-refractivity contribution in [3.05, 3.63) is 58.6 Å². The van der Waals surface area contributed by atoms with E-state index in [1.54, 1.807) is 30.3 Å². The Balaban J connectivity index is 1.80. The first-order valence-electron chi connectivity index (χ1n) is 8.06. The third-order valence-electron chi connectivity index (χ3n) is 3.66. The van der Waals surface area contributed by atoms with Crippen LogP contribution in [0.5, 0.6) is 0 Å². The molecule has 144 valence electrons. The zero-order valence-corrected chi connectivity index (χ0v) is 16.4. The van der Waals surface area contributed by atoms with E-state index in [0.717, 1.165) is 11.1 Å². The van der Waals surface area contributed by atoms with Crippen molar-refractivity contribution in [2.24, 2.45) is 0 Å². The Morgan fingerprint density at radius 2 is 1.63 bits per heavy atom. The first kappa shape index (κ1) is 20.9. The van der Waals surface area contributed by atoms with E-state index >= 15 is 0 Å². The summed E-state index contributed by atoms with van der Waals surface area (Å²) in [4.78, 5) is 23.7. The summed E-state index contributed by atoms with van der Waals surface area (Å²) in [5.74, 6) is -1.08. The molecule has 0 aliphatic rings. The molecule has 2 rings (SSSR count). The van der Waals surface area contributed by atoms with Crippen LogP contribution in [0.4, 0.5) is 5.69 Å². The average Bonchev–Trinajstić information content (AvgIpc) is 2.62. The fourth-order valence-corrected chi connectivity index (χ4v) is 3.24. The topological polar surface area (TPSA) is 104 Å². The molecule has 2 aromatic rings. The van der Waals surface area contributed by atoms with E-state index in [1.807, 2.05) is 13.8 Å². The summed E-state index contributed by atoms with van der Waals surface area (Å²) in [5.41, 5.74) is 2.31. The van der Waals surface area contributed by atoms with Crippen molar-refractivity contribution in [1.82, 2.24) is 10.0 Å². The molecule has 0 fully saturated rings. The number of hydrogen-bond acceptors (Lipinski definition) is 4. The van der Waals surface area contributed by atoms with E-state index in [4.69, 9.17) is 11.6 Å². The van der Waals surface area contributed by atoms with E-state index in [9.17, 15) is 18.0 Å². The van der Waals surface area contributed by atoms with Gasteiger partial charge < -0.3 is 10.6 Å². The second-order valence-corrected chi connectivity index (χ2v) is 8.10. The third-order valence-corrected chi connectivity index (χ3v) is 5.48. The van der Waals surface area contributed by atoms with E-state index in [1.165, 1.54) is 12.1 Å². The van der Waals surface area contributed by atoms with Gasteiger partial charge in [0.05, 0.1) is 18.0 Å². The van der Waals surface area contributed by atoms with Gasteiger partial charge in [0, 0.05) is 10.7 Å². The van der Waals surface area contributed by atoms with E-state index < -0.39 is 28.4 Å². The zero-order valence-electron chi connectivity index (χ0n) is 14.9. The van der Waals surface area contributed by atoms with E-state index in [-0.39, 0.29) is 11.4 Å². The molecule has 7 nitrogen and oxygen atoms in total. The van der Waals surface area contributed by atoms with Crippen molar-refractivity contribution < 1.29 is 18.0 Å². The molecule has 2 aromatic carbocycles. The van der Waals surface area contributed by atoms with Crippen LogP contribution in [0.1, 0.15) is 11.1 Å². The van der Waals surface area contributed by atoms with Crippen LogP contribution < -0.4 is 15.4 Å². The molecule has 0 atom stereocenters. The summed E-state index contributed by atoms with van der Waals surface area (Å²) in [5, 5.41) is 5.46. The first-order chi connectivity index (χ1) is 12.7. The fraction of sp³-hybridized carbons (Fsp3) is 0.222. The number of carbonyl (C=O) groups is 2. The molecule has 0 unspecified atom stereocenters. The maximum atomic E-state index is 12.1. The number of amides is 2. The molecule has 0 aromatic heterocycles. The predicted molar refractivity (Wildman–Crippen MR) is 104 cm³/mol. The monoisotopic (exact) mass is 409 g/mol. The Kier molecular flexibility index (Phi) is 6.95. The average molecular weight is 410 g/mol. The molecule has 2 amide bonds. The van der Waals surface area contributed by atoms with E-state index in [0.29, 0.717) is 10.7 Å². The molecule has 27 heavy (non-hydrogen) atoms. The largest absolute Gasteiger partial charge is 0.346 e. The van der Waals surface area contributed by atoms with Gasteiger partial charge in [-0.25, -0.2) is 13.1 Å². The highest BCUT2D eigenvalue weighted by molar-refractivity contribution is 7.89. The lowest BCUT2D eigenvalue weighted by molar-refractivity contribution is -0.123. The number of benzene rings is 2. The van der Waals surface area contributed by atoms with Gasteiger partial charge in [0.2, 0.25) is 21.8 Å². The highest BCUT2D eigenvalue weighted by Gasteiger charge is 2.15. The molecule has 9 heteroatoms. The Morgan fingerprint density at radius 1 is 0.963 bits per heavy atom. The van der Waals surface area contributed by atoms with Gasteiger partial charge in [-0.2, -0.15) is 0 Å². The summed E-state index contributed by atoms with van der Waals surface area (Å²) >= 11 is 5.98. The summed E-state index contributed by atoms with van der Waals surface area (Å²) < 4.78 is 26.4. The minimum Gasteiger partial charge on any atom is -0.346 e. The summed E-state index contributed by atoms with van der Waals surface area (Å²) in [6, 6.07) is 11.3. The molecule has 0 aliphatic heterocycles. The van der Waals surface area contributed by atoms with Crippen LogP contribution in [0.25, 0.3) is 0 Å². The molecule has 0 saturated heterocycles. The molecule has 0 radical (unpaired) electrons. The fourth-order valence-electron chi connectivity index (χ4n) is 2.08. The summed E-state index contributed by atoms with van der Waals surface area (Å²) in [6.45, 7) is 2.91. The third kappa shape index (κ3) is 6.35. The molecule has 0 aliphatic carbocycles. The van der Waals surface area contributed by atoms with Gasteiger partial charge >= 0.3 is 0 Å². The van der Waals surface area contributed by atoms with Crippen molar-refractivity contribution in [2.75, 3.05) is 18.4 Å². The smallest absolute Gasteiger partial charge is 0.243 e. The molecule has 0 saturated carbocycles. The first-order valence-corrected chi connectivity index (χ1v) is 9.92. The van der Waals surface area contributed by atoms with Crippen molar-refractivity contribution in [2.45, 2.75) is 18.7 Å². The SMILES string of the molecule is Cc1ccc(S(=O)(=O)NCC(=O)NCC(=O)Nc2ccc(C)c(Cl)c2)cc1. The van der Waals surface area contributed by atoms with Gasteiger partial charge in [0.25, 0.3) is 0 Å². The normalized spacial score (nSPS) is 11.1. The lowest BCUT2D eigenvalue weighted by Crippen LogP contribution is -2.40. The number of nitrogens with one attached hydrogen (secondary N) is 3. The van der Waals surface area contributed by atoms with Crippen LogP contribution in [0.3, 0.4) is 0 Å². The number of anilines is 1. The Hall–Kier alpha value is -2.42. The number of halogens is 1. The van der Waals surface area contributed by atoms with Crippen molar-refractivity contribution in [3.63, 3.8) is 0 Å². The van der Waals surface area contributed by atoms with Gasteiger partial charge in [-0.15, -0.1) is 0 Å². The summed E-state index contributed by atoms with van der Waals surface area (Å²) in [7, 11) is -3.79. The quantitative estimate of drug-likeness (QED) is 0.650. The van der Waals surface area contributed by atoms with Crippen molar-refractivity contribution >= 4 is 39.1 Å². The van der Waals surface area contributed by atoms with Crippen molar-refractivity contribution in [3.8, 4) is 0 Å². The van der Waals surface area contributed by atoms with Gasteiger partial charge in [0.15, 0.2) is 0 Å². The number of aryl methyl sites for hydroxylation is 2. The molecule has 0 heterocycles. The summed E-state index contributed by atoms with van der Waals surface area (Å²) in [6.07, 6.45) is 0. The number of sulfonamides is 1. The van der Waals surface area contributed by atoms with Crippen LogP contribution >= 0.6 is 11.6 Å². The highest BCUT2D eigenvalue weighted by Crippen LogP contribution is 2.19. The van der Waals surface area contributed by atoms with E-state index in [2.05, 4.69) is 15.4 Å². The Labute approximate surface area is 163 Å². The minimum atomic E-state index is -3.79. The lowest BCUT2D eigenvalue weighted by Gasteiger charge is -2.09. The van der Waals surface area contributed by atoms with Gasteiger partial charge in [0.1, 0.15) is 0 Å². The van der Waals surface area contributed by atoms with Crippen LogP contribution in [0.2, 0.25) is 5.02 Å². The van der Waals surface area contributed by atoms with Crippen LogP contribution in [0, 0.1) is 13.8 Å². The standard InChI is InChI=1S/C18H20ClN3O4S/c1-12-3-7-15(8-4-12)27(25,26)21-11-17(23)20-10-18(24)22-14-6-5-13(2)16(19)9-14/h3-9,21H,10-11H2,1-2H3,(H,20,23)(H,22,24). The van der Waals surface area contributed by atoms with Crippen molar-refractivity contribution in [1.29, 1.82) is 0 Å². The highest BCUT2D eigenvalue weighted by atomic mass is 35.5. The van der Waals surface area contributed by atoms with Crippen LogP contribution in [-0.2, 0) is 19.6 Å². The maximum Gasteiger partial charge on any atom is 0.243 e.